The third-order valence-electron chi connectivity index (χ3n) is 6.34. The largest absolute Gasteiger partial charge is 0.383 e. The summed E-state index contributed by atoms with van der Waals surface area (Å²) in [5.74, 6) is 0.222. The standard InChI is InChI=1S/C25H25N5O3/c1-17-6-2-3-8-20(17)25(33)9-11-29(16-25)24(32)18-12-21-23(27-13-18)28-14-22(31)30(21)15-19-7-4-5-10-26-19/h2-8,10,12-13,33H,9,11,14-16H2,1H3,(H,27,28). The first-order valence-electron chi connectivity index (χ1n) is 11.0. The molecule has 8 nitrogen and oxygen atoms in total. The number of pyridine rings is 2. The Labute approximate surface area is 191 Å². The van der Waals surface area contributed by atoms with Crippen LogP contribution in [0.3, 0.4) is 0 Å². The predicted molar refractivity (Wildman–Crippen MR) is 124 cm³/mol. The first-order valence-corrected chi connectivity index (χ1v) is 11.0. The second-order valence-electron chi connectivity index (χ2n) is 8.57. The molecule has 1 unspecified atom stereocenters. The van der Waals surface area contributed by atoms with Crippen molar-refractivity contribution in [3.8, 4) is 0 Å². The number of amides is 2. The fourth-order valence-corrected chi connectivity index (χ4v) is 4.59. The van der Waals surface area contributed by atoms with Crippen molar-refractivity contribution < 1.29 is 14.7 Å². The Morgan fingerprint density at radius 1 is 1.18 bits per heavy atom. The predicted octanol–water partition coefficient (Wildman–Crippen LogP) is 2.48. The van der Waals surface area contributed by atoms with Crippen LogP contribution in [0.25, 0.3) is 0 Å². The number of β-amino-alcohol motifs (C(OH)–C–C–N with tert-alkyl or cyclic N) is 1. The molecular formula is C25H25N5O3. The Balaban J connectivity index is 1.40. The molecule has 8 heteroatoms. The van der Waals surface area contributed by atoms with Gasteiger partial charge in [-0.05, 0) is 42.7 Å². The summed E-state index contributed by atoms with van der Waals surface area (Å²) < 4.78 is 0. The van der Waals surface area contributed by atoms with Crippen molar-refractivity contribution in [3.63, 3.8) is 0 Å². The van der Waals surface area contributed by atoms with E-state index in [4.69, 9.17) is 0 Å². The number of aliphatic hydroxyl groups is 1. The number of carbonyl (C=O) groups is 2. The van der Waals surface area contributed by atoms with Crippen LogP contribution in [0.1, 0.15) is 33.6 Å². The molecule has 1 saturated heterocycles. The number of nitrogens with zero attached hydrogens (tertiary/aromatic N) is 4. The van der Waals surface area contributed by atoms with Crippen molar-refractivity contribution in [2.24, 2.45) is 0 Å². The third-order valence-corrected chi connectivity index (χ3v) is 6.34. The lowest BCUT2D eigenvalue weighted by molar-refractivity contribution is -0.117. The maximum absolute atomic E-state index is 13.3. The molecule has 33 heavy (non-hydrogen) atoms. The summed E-state index contributed by atoms with van der Waals surface area (Å²) in [6.45, 7) is 3.05. The summed E-state index contributed by atoms with van der Waals surface area (Å²) in [6.07, 6.45) is 3.67. The molecule has 0 aliphatic carbocycles. The van der Waals surface area contributed by atoms with Crippen LogP contribution in [0.4, 0.5) is 11.5 Å². The van der Waals surface area contributed by atoms with E-state index < -0.39 is 5.60 Å². The molecule has 5 rings (SSSR count). The van der Waals surface area contributed by atoms with Gasteiger partial charge in [-0.3, -0.25) is 14.6 Å². The highest BCUT2D eigenvalue weighted by molar-refractivity contribution is 6.04. The summed E-state index contributed by atoms with van der Waals surface area (Å²) in [5, 5.41) is 14.3. The van der Waals surface area contributed by atoms with Crippen LogP contribution < -0.4 is 10.2 Å². The van der Waals surface area contributed by atoms with Crippen LogP contribution in [0, 0.1) is 6.92 Å². The van der Waals surface area contributed by atoms with Crippen LogP contribution in [-0.4, -0.2) is 51.4 Å². The fourth-order valence-electron chi connectivity index (χ4n) is 4.59. The summed E-state index contributed by atoms with van der Waals surface area (Å²) in [5.41, 5.74) is 2.45. The number of fused-ring (bicyclic) bond motifs is 1. The highest BCUT2D eigenvalue weighted by atomic mass is 16.3. The summed E-state index contributed by atoms with van der Waals surface area (Å²) >= 11 is 0. The molecule has 2 aromatic heterocycles. The van der Waals surface area contributed by atoms with Crippen LogP contribution in [0.2, 0.25) is 0 Å². The Morgan fingerprint density at radius 3 is 2.79 bits per heavy atom. The minimum absolute atomic E-state index is 0.116. The van der Waals surface area contributed by atoms with E-state index in [2.05, 4.69) is 15.3 Å². The molecule has 2 N–H and O–H groups in total. The number of rotatable bonds is 4. The molecule has 0 saturated carbocycles. The number of nitrogens with one attached hydrogen (secondary N) is 1. The molecule has 1 fully saturated rings. The second kappa shape index (κ2) is 8.29. The fraction of sp³-hybridized carbons (Fsp3) is 0.280. The van der Waals surface area contributed by atoms with Gasteiger partial charge in [0.05, 0.1) is 36.6 Å². The average molecular weight is 444 g/mol. The van der Waals surface area contributed by atoms with Crippen LogP contribution in [-0.2, 0) is 16.9 Å². The molecule has 3 aromatic rings. The lowest BCUT2D eigenvalue weighted by Gasteiger charge is -2.30. The molecule has 2 aliphatic rings. The number of anilines is 2. The van der Waals surface area contributed by atoms with E-state index in [1.165, 1.54) is 6.20 Å². The summed E-state index contributed by atoms with van der Waals surface area (Å²) in [6, 6.07) is 15.0. The number of aromatic nitrogens is 2. The van der Waals surface area contributed by atoms with Crippen molar-refractivity contribution in [1.29, 1.82) is 0 Å². The van der Waals surface area contributed by atoms with E-state index in [0.29, 0.717) is 36.6 Å². The molecule has 2 aliphatic heterocycles. The molecule has 1 atom stereocenters. The van der Waals surface area contributed by atoms with Crippen LogP contribution in [0.5, 0.6) is 0 Å². The first-order chi connectivity index (χ1) is 15.9. The number of likely N-dealkylation sites (tertiary alicyclic amines) is 1. The molecule has 168 valence electrons. The molecule has 2 amide bonds. The maximum Gasteiger partial charge on any atom is 0.255 e. The quantitative estimate of drug-likeness (QED) is 0.643. The van der Waals surface area contributed by atoms with Gasteiger partial charge in [0, 0.05) is 18.9 Å². The van der Waals surface area contributed by atoms with E-state index in [1.54, 1.807) is 22.1 Å². The lowest BCUT2D eigenvalue weighted by atomic mass is 9.89. The highest BCUT2D eigenvalue weighted by Crippen LogP contribution is 2.35. The van der Waals surface area contributed by atoms with Gasteiger partial charge in [-0.1, -0.05) is 30.3 Å². The zero-order chi connectivity index (χ0) is 23.0. The van der Waals surface area contributed by atoms with Crippen LogP contribution >= 0.6 is 0 Å². The van der Waals surface area contributed by atoms with Gasteiger partial charge in [-0.25, -0.2) is 4.98 Å². The SMILES string of the molecule is Cc1ccccc1C1(O)CCN(C(=O)c2cnc3c(c2)N(Cc2ccccn2)C(=O)CN3)C1. The lowest BCUT2D eigenvalue weighted by Crippen LogP contribution is -2.40. The molecule has 0 bridgehead atoms. The van der Waals surface area contributed by atoms with Crippen molar-refractivity contribution >= 4 is 23.3 Å². The zero-order valence-electron chi connectivity index (χ0n) is 18.4. The van der Waals surface area contributed by atoms with Gasteiger partial charge < -0.3 is 20.2 Å². The van der Waals surface area contributed by atoms with Crippen molar-refractivity contribution in [2.75, 3.05) is 29.9 Å². The van der Waals surface area contributed by atoms with E-state index in [1.807, 2.05) is 49.4 Å². The molecular weight excluding hydrogens is 418 g/mol. The van der Waals surface area contributed by atoms with E-state index in [0.717, 1.165) is 16.8 Å². The van der Waals surface area contributed by atoms with Crippen LogP contribution in [0.15, 0.2) is 60.9 Å². The minimum atomic E-state index is -1.08. The van der Waals surface area contributed by atoms with Gasteiger partial charge in [0.2, 0.25) is 5.91 Å². The van der Waals surface area contributed by atoms with Gasteiger partial charge in [0.1, 0.15) is 5.60 Å². The smallest absolute Gasteiger partial charge is 0.255 e. The molecule has 0 spiro atoms. The normalized spacial score (nSPS) is 19.9. The van der Waals surface area contributed by atoms with Gasteiger partial charge in [0.25, 0.3) is 5.91 Å². The van der Waals surface area contributed by atoms with Crippen molar-refractivity contribution in [3.05, 3.63) is 83.3 Å². The van der Waals surface area contributed by atoms with E-state index >= 15 is 0 Å². The van der Waals surface area contributed by atoms with Gasteiger partial charge in [-0.15, -0.1) is 0 Å². The summed E-state index contributed by atoms with van der Waals surface area (Å²) in [4.78, 5) is 38.0. The monoisotopic (exact) mass is 443 g/mol. The van der Waals surface area contributed by atoms with Crippen molar-refractivity contribution in [2.45, 2.75) is 25.5 Å². The van der Waals surface area contributed by atoms with E-state index in [-0.39, 0.29) is 24.9 Å². The Bertz CT molecular complexity index is 1220. The van der Waals surface area contributed by atoms with Gasteiger partial charge in [0.15, 0.2) is 5.82 Å². The number of hydrogen-bond donors (Lipinski definition) is 2. The number of aryl methyl sites for hydroxylation is 1. The number of benzene rings is 1. The Kier molecular flexibility index (Phi) is 5.30. The molecule has 4 heterocycles. The topological polar surface area (TPSA) is 98.7 Å². The van der Waals surface area contributed by atoms with Gasteiger partial charge in [-0.2, -0.15) is 0 Å². The number of hydrogen-bond acceptors (Lipinski definition) is 6. The minimum Gasteiger partial charge on any atom is -0.383 e. The molecule has 1 aromatic carbocycles. The average Bonchev–Trinajstić information content (AvgIpc) is 3.24. The highest BCUT2D eigenvalue weighted by Gasteiger charge is 2.41. The second-order valence-corrected chi connectivity index (χ2v) is 8.57. The Hall–Kier alpha value is -3.78. The zero-order valence-corrected chi connectivity index (χ0v) is 18.4. The van der Waals surface area contributed by atoms with Crippen molar-refractivity contribution in [1.82, 2.24) is 14.9 Å². The maximum atomic E-state index is 13.3. The summed E-state index contributed by atoms with van der Waals surface area (Å²) in [7, 11) is 0. The molecule has 0 radical (unpaired) electrons. The number of carbonyl (C=O) groups excluding carboxylic acids is 2. The first kappa shape index (κ1) is 21.1. The van der Waals surface area contributed by atoms with E-state index in [9.17, 15) is 14.7 Å². The van der Waals surface area contributed by atoms with Gasteiger partial charge >= 0.3 is 0 Å². The third kappa shape index (κ3) is 3.93. The Morgan fingerprint density at radius 2 is 2.00 bits per heavy atom.